The van der Waals surface area contributed by atoms with Crippen molar-refractivity contribution in [3.63, 3.8) is 0 Å². The van der Waals surface area contributed by atoms with E-state index < -0.39 is 5.97 Å². The SMILES string of the molecule is COC(=O)c1cc(NC2CCN(C(C)=O)CC2)nc(C2=CCCCC2)n1. The maximum absolute atomic E-state index is 12.0. The van der Waals surface area contributed by atoms with Crippen LogP contribution in [0.4, 0.5) is 5.82 Å². The first-order chi connectivity index (χ1) is 12.6. The van der Waals surface area contributed by atoms with E-state index in [2.05, 4.69) is 21.4 Å². The average molecular weight is 358 g/mol. The number of rotatable bonds is 4. The minimum absolute atomic E-state index is 0.116. The van der Waals surface area contributed by atoms with Crippen LogP contribution in [-0.4, -0.2) is 53.0 Å². The van der Waals surface area contributed by atoms with E-state index in [9.17, 15) is 9.59 Å². The fraction of sp³-hybridized carbons (Fsp3) is 0.579. The van der Waals surface area contributed by atoms with Crippen LogP contribution in [0, 0.1) is 0 Å². The van der Waals surface area contributed by atoms with Crippen LogP contribution in [0.1, 0.15) is 61.8 Å². The van der Waals surface area contributed by atoms with Gasteiger partial charge in [-0.3, -0.25) is 4.79 Å². The number of piperidine rings is 1. The lowest BCUT2D eigenvalue weighted by Gasteiger charge is -2.32. The largest absolute Gasteiger partial charge is 0.464 e. The molecule has 26 heavy (non-hydrogen) atoms. The van der Waals surface area contributed by atoms with Crippen molar-refractivity contribution >= 4 is 23.3 Å². The van der Waals surface area contributed by atoms with Crippen molar-refractivity contribution in [1.82, 2.24) is 14.9 Å². The highest BCUT2D eigenvalue weighted by atomic mass is 16.5. The summed E-state index contributed by atoms with van der Waals surface area (Å²) in [5.41, 5.74) is 1.36. The zero-order valence-corrected chi connectivity index (χ0v) is 15.5. The summed E-state index contributed by atoms with van der Waals surface area (Å²) in [5.74, 6) is 0.906. The first kappa shape index (κ1) is 18.4. The molecule has 0 unspecified atom stereocenters. The first-order valence-corrected chi connectivity index (χ1v) is 9.25. The summed E-state index contributed by atoms with van der Waals surface area (Å²) >= 11 is 0. The molecule has 140 valence electrons. The number of carbonyl (C=O) groups excluding carboxylic acids is 2. The Hall–Kier alpha value is -2.44. The van der Waals surface area contributed by atoms with Crippen molar-refractivity contribution in [2.75, 3.05) is 25.5 Å². The van der Waals surface area contributed by atoms with E-state index in [0.717, 1.165) is 50.8 Å². The van der Waals surface area contributed by atoms with Gasteiger partial charge in [-0.05, 0) is 44.1 Å². The maximum atomic E-state index is 12.0. The van der Waals surface area contributed by atoms with Crippen LogP contribution in [0.3, 0.4) is 0 Å². The van der Waals surface area contributed by atoms with Crippen molar-refractivity contribution in [2.24, 2.45) is 0 Å². The van der Waals surface area contributed by atoms with Gasteiger partial charge in [-0.15, -0.1) is 0 Å². The van der Waals surface area contributed by atoms with Crippen LogP contribution < -0.4 is 5.32 Å². The van der Waals surface area contributed by atoms with Crippen LogP contribution in [-0.2, 0) is 9.53 Å². The van der Waals surface area contributed by atoms with Crippen molar-refractivity contribution in [2.45, 2.75) is 51.5 Å². The lowest BCUT2D eigenvalue weighted by atomic mass is 9.99. The summed E-state index contributed by atoms with van der Waals surface area (Å²) in [7, 11) is 1.36. The number of hydrogen-bond acceptors (Lipinski definition) is 6. The zero-order valence-electron chi connectivity index (χ0n) is 15.5. The minimum atomic E-state index is -0.459. The molecule has 1 fully saturated rings. The Bertz CT molecular complexity index is 709. The van der Waals surface area contributed by atoms with Gasteiger partial charge in [-0.1, -0.05) is 6.08 Å². The molecule has 7 heteroatoms. The number of carbonyl (C=O) groups is 2. The molecule has 0 saturated carbocycles. The van der Waals surface area contributed by atoms with Crippen molar-refractivity contribution in [1.29, 1.82) is 0 Å². The summed E-state index contributed by atoms with van der Waals surface area (Å²) in [6, 6.07) is 1.87. The molecule has 0 radical (unpaired) electrons. The number of esters is 1. The third-order valence-electron chi connectivity index (χ3n) is 4.99. The topological polar surface area (TPSA) is 84.4 Å². The Morgan fingerprint density at radius 1 is 1.23 bits per heavy atom. The van der Waals surface area contributed by atoms with Crippen molar-refractivity contribution in [3.8, 4) is 0 Å². The molecule has 2 heterocycles. The number of amides is 1. The number of methoxy groups -OCH3 is 1. The number of likely N-dealkylation sites (tertiary alicyclic amines) is 1. The van der Waals surface area contributed by atoms with E-state index in [1.54, 1.807) is 13.0 Å². The van der Waals surface area contributed by atoms with E-state index in [4.69, 9.17) is 4.74 Å². The first-order valence-electron chi connectivity index (χ1n) is 9.25. The quantitative estimate of drug-likeness (QED) is 0.833. The van der Waals surface area contributed by atoms with Gasteiger partial charge in [-0.25, -0.2) is 14.8 Å². The number of allylic oxidation sites excluding steroid dienone is 2. The zero-order chi connectivity index (χ0) is 18.5. The highest BCUT2D eigenvalue weighted by Crippen LogP contribution is 2.26. The predicted octanol–water partition coefficient (Wildman–Crippen LogP) is 2.64. The van der Waals surface area contributed by atoms with Gasteiger partial charge >= 0.3 is 5.97 Å². The predicted molar refractivity (Wildman–Crippen MR) is 98.7 cm³/mol. The molecular weight excluding hydrogens is 332 g/mol. The second-order valence-corrected chi connectivity index (χ2v) is 6.85. The van der Waals surface area contributed by atoms with Gasteiger partial charge < -0.3 is 15.0 Å². The van der Waals surface area contributed by atoms with Gasteiger partial charge in [0.15, 0.2) is 11.5 Å². The molecule has 0 bridgehead atoms. The molecule has 2 aliphatic rings. The second kappa shape index (κ2) is 8.29. The van der Waals surface area contributed by atoms with Crippen LogP contribution in [0.2, 0.25) is 0 Å². The number of anilines is 1. The van der Waals surface area contributed by atoms with E-state index >= 15 is 0 Å². The molecule has 1 aromatic rings. The smallest absolute Gasteiger partial charge is 0.356 e. The lowest BCUT2D eigenvalue weighted by Crippen LogP contribution is -2.41. The molecule has 1 amide bonds. The van der Waals surface area contributed by atoms with E-state index in [1.807, 2.05) is 4.90 Å². The number of ether oxygens (including phenoxy) is 1. The highest BCUT2D eigenvalue weighted by molar-refractivity contribution is 5.88. The number of aromatic nitrogens is 2. The normalized spacial score (nSPS) is 18.2. The standard InChI is InChI=1S/C19H26N4O3/c1-13(24)23-10-8-15(9-11-23)20-17-12-16(19(25)26-2)21-18(22-17)14-6-4-3-5-7-14/h6,12,15H,3-5,7-11H2,1-2H3,(H,20,21,22). The molecule has 1 aromatic heterocycles. The van der Waals surface area contributed by atoms with Gasteiger partial charge in [-0.2, -0.15) is 0 Å². The van der Waals surface area contributed by atoms with Gasteiger partial charge in [0.25, 0.3) is 0 Å². The maximum Gasteiger partial charge on any atom is 0.356 e. The van der Waals surface area contributed by atoms with Crippen LogP contribution in [0.5, 0.6) is 0 Å². The van der Waals surface area contributed by atoms with E-state index in [1.165, 1.54) is 13.5 Å². The lowest BCUT2D eigenvalue weighted by molar-refractivity contribution is -0.129. The number of nitrogens with zero attached hydrogens (tertiary/aromatic N) is 3. The summed E-state index contributed by atoms with van der Waals surface area (Å²) < 4.78 is 4.84. The Kier molecular flexibility index (Phi) is 5.85. The van der Waals surface area contributed by atoms with Crippen molar-refractivity contribution < 1.29 is 14.3 Å². The number of hydrogen-bond donors (Lipinski definition) is 1. The average Bonchev–Trinajstić information content (AvgIpc) is 2.68. The van der Waals surface area contributed by atoms with Crippen LogP contribution in [0.15, 0.2) is 12.1 Å². The summed E-state index contributed by atoms with van der Waals surface area (Å²) in [6.07, 6.45) is 8.12. The molecule has 0 atom stereocenters. The molecule has 1 saturated heterocycles. The molecule has 1 aliphatic heterocycles. The Balaban J connectivity index is 1.78. The highest BCUT2D eigenvalue weighted by Gasteiger charge is 2.22. The fourth-order valence-electron chi connectivity index (χ4n) is 3.46. The third-order valence-corrected chi connectivity index (χ3v) is 4.99. The molecule has 3 rings (SSSR count). The van der Waals surface area contributed by atoms with Crippen molar-refractivity contribution in [3.05, 3.63) is 23.7 Å². The molecule has 1 N–H and O–H groups in total. The Morgan fingerprint density at radius 3 is 2.62 bits per heavy atom. The van der Waals surface area contributed by atoms with E-state index in [0.29, 0.717) is 11.6 Å². The fourth-order valence-corrected chi connectivity index (χ4v) is 3.46. The van der Waals surface area contributed by atoms with Gasteiger partial charge in [0, 0.05) is 32.1 Å². The van der Waals surface area contributed by atoms with Crippen LogP contribution in [0.25, 0.3) is 5.57 Å². The second-order valence-electron chi connectivity index (χ2n) is 6.85. The Labute approximate surface area is 153 Å². The summed E-state index contributed by atoms with van der Waals surface area (Å²) in [5, 5.41) is 3.42. The minimum Gasteiger partial charge on any atom is -0.464 e. The molecular formula is C19H26N4O3. The Morgan fingerprint density at radius 2 is 2.00 bits per heavy atom. The molecule has 1 aliphatic carbocycles. The third kappa shape index (κ3) is 4.39. The number of nitrogens with one attached hydrogen (secondary N) is 1. The van der Waals surface area contributed by atoms with Crippen LogP contribution >= 0.6 is 0 Å². The van der Waals surface area contributed by atoms with Gasteiger partial charge in [0.2, 0.25) is 5.91 Å². The van der Waals surface area contributed by atoms with E-state index in [-0.39, 0.29) is 17.6 Å². The summed E-state index contributed by atoms with van der Waals surface area (Å²) in [6.45, 7) is 3.07. The summed E-state index contributed by atoms with van der Waals surface area (Å²) in [4.78, 5) is 34.4. The molecule has 0 aromatic carbocycles. The van der Waals surface area contributed by atoms with Gasteiger partial charge in [0.1, 0.15) is 5.82 Å². The van der Waals surface area contributed by atoms with Gasteiger partial charge in [0.05, 0.1) is 7.11 Å². The monoisotopic (exact) mass is 358 g/mol. The molecule has 7 nitrogen and oxygen atoms in total. The molecule has 0 spiro atoms.